The highest BCUT2D eigenvalue weighted by Crippen LogP contribution is 2.13. The second-order valence-corrected chi connectivity index (χ2v) is 2.66. The quantitative estimate of drug-likeness (QED) is 0.331. The third-order valence-corrected chi connectivity index (χ3v) is 1.46. The van der Waals surface area contributed by atoms with Gasteiger partial charge in [0.2, 0.25) is 0 Å². The summed E-state index contributed by atoms with van der Waals surface area (Å²) in [5, 5.41) is 8.25. The van der Waals surface area contributed by atoms with Crippen LogP contribution in [0.3, 0.4) is 0 Å². The molecule has 0 unspecified atom stereocenters. The highest BCUT2D eigenvalue weighted by Gasteiger charge is 2.00. The van der Waals surface area contributed by atoms with E-state index in [1.807, 2.05) is 0 Å². The van der Waals surface area contributed by atoms with Gasteiger partial charge in [0.05, 0.1) is 0 Å². The van der Waals surface area contributed by atoms with Crippen molar-refractivity contribution in [2.45, 2.75) is 0 Å². The molecule has 0 aromatic heterocycles. The van der Waals surface area contributed by atoms with E-state index in [0.29, 0.717) is 17.5 Å². The topological polar surface area (TPSA) is 89.6 Å². The van der Waals surface area contributed by atoms with Crippen LogP contribution in [0, 0.1) is 0 Å². The van der Waals surface area contributed by atoms with Gasteiger partial charge in [0.25, 0.3) is 0 Å². The molecule has 0 aliphatic rings. The predicted octanol–water partition coefficient (Wildman–Crippen LogP) is 0.815. The van der Waals surface area contributed by atoms with Gasteiger partial charge < -0.3 is 15.6 Å². The first-order valence-corrected chi connectivity index (χ1v) is 4.06. The van der Waals surface area contributed by atoms with Gasteiger partial charge in [0.1, 0.15) is 5.75 Å². The molecule has 0 bridgehead atoms. The van der Waals surface area contributed by atoms with Crippen LogP contribution in [-0.4, -0.2) is 17.0 Å². The number of hydrogen-bond donors (Lipinski definition) is 2. The maximum atomic E-state index is 11.0. The molecule has 0 fully saturated rings. The number of carbonyl (C=O) groups excluding carboxylic acids is 1. The van der Waals surface area contributed by atoms with Crippen LogP contribution in [0.15, 0.2) is 36.4 Å². The van der Waals surface area contributed by atoms with Crippen molar-refractivity contribution in [1.29, 1.82) is 0 Å². The van der Waals surface area contributed by atoms with Crippen LogP contribution >= 0.6 is 0 Å². The largest absolute Gasteiger partial charge is 0.478 e. The molecule has 0 saturated heterocycles. The van der Waals surface area contributed by atoms with Crippen molar-refractivity contribution >= 4 is 17.6 Å². The summed E-state index contributed by atoms with van der Waals surface area (Å²) in [6.45, 7) is 0. The molecule has 0 radical (unpaired) electrons. The van der Waals surface area contributed by atoms with E-state index in [1.54, 1.807) is 12.1 Å². The zero-order valence-electron chi connectivity index (χ0n) is 7.71. The maximum absolute atomic E-state index is 11.0. The van der Waals surface area contributed by atoms with Crippen molar-refractivity contribution in [3.63, 3.8) is 0 Å². The third kappa shape index (κ3) is 3.95. The Morgan fingerprint density at radius 2 is 1.80 bits per heavy atom. The van der Waals surface area contributed by atoms with Gasteiger partial charge in [-0.25, -0.2) is 9.59 Å². The lowest BCUT2D eigenvalue weighted by Crippen LogP contribution is -2.04. The molecule has 3 N–H and O–H groups in total. The van der Waals surface area contributed by atoms with E-state index in [2.05, 4.69) is 0 Å². The van der Waals surface area contributed by atoms with E-state index in [9.17, 15) is 9.59 Å². The maximum Gasteiger partial charge on any atom is 0.336 e. The van der Waals surface area contributed by atoms with E-state index < -0.39 is 11.9 Å². The van der Waals surface area contributed by atoms with Crippen LogP contribution in [0.5, 0.6) is 5.75 Å². The number of benzene rings is 1. The number of anilines is 1. The van der Waals surface area contributed by atoms with Gasteiger partial charge in [-0.3, -0.25) is 0 Å². The Balaban J connectivity index is 2.59. The highest BCUT2D eigenvalue weighted by molar-refractivity contribution is 5.91. The number of ether oxygens (including phenoxy) is 1. The molecular weight excluding hydrogens is 198 g/mol. The van der Waals surface area contributed by atoms with Crippen LogP contribution in [0.25, 0.3) is 0 Å². The highest BCUT2D eigenvalue weighted by atomic mass is 16.5. The first-order valence-electron chi connectivity index (χ1n) is 4.06. The molecule has 5 heteroatoms. The minimum Gasteiger partial charge on any atom is -0.478 e. The van der Waals surface area contributed by atoms with E-state index in [1.165, 1.54) is 12.1 Å². The van der Waals surface area contributed by atoms with Crippen molar-refractivity contribution in [1.82, 2.24) is 0 Å². The lowest BCUT2D eigenvalue weighted by molar-refractivity contribution is -0.133. The molecule has 1 aromatic carbocycles. The number of nitrogen functional groups attached to an aromatic ring is 1. The van der Waals surface area contributed by atoms with E-state index >= 15 is 0 Å². The van der Waals surface area contributed by atoms with Crippen LogP contribution in [0.4, 0.5) is 5.69 Å². The van der Waals surface area contributed by atoms with Gasteiger partial charge >= 0.3 is 11.9 Å². The Morgan fingerprint density at radius 3 is 2.33 bits per heavy atom. The molecule has 0 aliphatic carbocycles. The molecule has 0 saturated carbocycles. The molecule has 5 nitrogen and oxygen atoms in total. The third-order valence-electron chi connectivity index (χ3n) is 1.46. The predicted molar refractivity (Wildman–Crippen MR) is 53.3 cm³/mol. The molecule has 0 spiro atoms. The fourth-order valence-electron chi connectivity index (χ4n) is 0.825. The number of rotatable bonds is 3. The number of esters is 1. The van der Waals surface area contributed by atoms with Gasteiger partial charge in [-0.2, -0.15) is 0 Å². The van der Waals surface area contributed by atoms with Gasteiger partial charge in [0, 0.05) is 17.8 Å². The average molecular weight is 207 g/mol. The molecule has 0 aliphatic heterocycles. The standard InChI is InChI=1S/C10H9NO4/c11-7-1-3-8(4-2-7)15-10(14)6-5-9(12)13/h1-6H,11H2,(H,12,13). The van der Waals surface area contributed by atoms with Crippen molar-refractivity contribution in [2.24, 2.45) is 0 Å². The number of carboxylic acid groups (broad SMARTS) is 1. The van der Waals surface area contributed by atoms with Gasteiger partial charge in [-0.1, -0.05) is 0 Å². The Bertz CT molecular complexity index is 394. The Hall–Kier alpha value is -2.30. The van der Waals surface area contributed by atoms with E-state index in [4.69, 9.17) is 15.6 Å². The fraction of sp³-hybridized carbons (Fsp3) is 0. The molecule has 15 heavy (non-hydrogen) atoms. The van der Waals surface area contributed by atoms with Crippen LogP contribution in [0.2, 0.25) is 0 Å². The number of aliphatic carboxylic acids is 1. The molecule has 0 heterocycles. The second kappa shape index (κ2) is 4.80. The number of carbonyl (C=O) groups is 2. The second-order valence-electron chi connectivity index (χ2n) is 2.66. The summed E-state index contributed by atoms with van der Waals surface area (Å²) in [5.74, 6) is -1.64. The number of nitrogens with two attached hydrogens (primary N) is 1. The molecule has 1 aromatic rings. The first kappa shape index (κ1) is 10.8. The van der Waals surface area contributed by atoms with Crippen molar-refractivity contribution in [2.75, 3.05) is 5.73 Å². The van der Waals surface area contributed by atoms with Gasteiger partial charge in [-0.05, 0) is 24.3 Å². The summed E-state index contributed by atoms with van der Waals surface area (Å²) in [4.78, 5) is 21.1. The zero-order chi connectivity index (χ0) is 11.3. The van der Waals surface area contributed by atoms with Gasteiger partial charge in [0.15, 0.2) is 0 Å². The Labute approximate surface area is 85.8 Å². The van der Waals surface area contributed by atoms with Gasteiger partial charge in [-0.15, -0.1) is 0 Å². The fourth-order valence-corrected chi connectivity index (χ4v) is 0.825. The average Bonchev–Trinajstić information content (AvgIpc) is 2.19. The monoisotopic (exact) mass is 207 g/mol. The summed E-state index contributed by atoms with van der Waals surface area (Å²) in [5.41, 5.74) is 5.98. The molecule has 0 atom stereocenters. The Morgan fingerprint density at radius 1 is 1.20 bits per heavy atom. The van der Waals surface area contributed by atoms with E-state index in [0.717, 1.165) is 6.08 Å². The minimum atomic E-state index is -1.20. The smallest absolute Gasteiger partial charge is 0.336 e. The van der Waals surface area contributed by atoms with Crippen LogP contribution in [-0.2, 0) is 9.59 Å². The van der Waals surface area contributed by atoms with Crippen molar-refractivity contribution < 1.29 is 19.4 Å². The first-order chi connectivity index (χ1) is 7.08. The molecular formula is C10H9NO4. The lowest BCUT2D eigenvalue weighted by atomic mass is 10.3. The summed E-state index contributed by atoms with van der Waals surface area (Å²) >= 11 is 0. The van der Waals surface area contributed by atoms with E-state index in [-0.39, 0.29) is 0 Å². The lowest BCUT2D eigenvalue weighted by Gasteiger charge is -2.00. The van der Waals surface area contributed by atoms with Crippen LogP contribution < -0.4 is 10.5 Å². The Kier molecular flexibility index (Phi) is 3.45. The summed E-state index contributed by atoms with van der Waals surface area (Å²) in [6.07, 6.45) is 1.54. The number of hydrogen-bond acceptors (Lipinski definition) is 4. The molecule has 78 valence electrons. The van der Waals surface area contributed by atoms with Crippen LogP contribution in [0.1, 0.15) is 0 Å². The summed E-state index contributed by atoms with van der Waals surface area (Å²) in [6, 6.07) is 6.18. The number of carboxylic acids is 1. The molecule has 1 rings (SSSR count). The summed E-state index contributed by atoms with van der Waals surface area (Å²) in [7, 11) is 0. The zero-order valence-corrected chi connectivity index (χ0v) is 7.71. The normalized spacial score (nSPS) is 10.1. The van der Waals surface area contributed by atoms with Crippen molar-refractivity contribution in [3.05, 3.63) is 36.4 Å². The van der Waals surface area contributed by atoms with Crippen molar-refractivity contribution in [3.8, 4) is 5.75 Å². The summed E-state index contributed by atoms with van der Waals surface area (Å²) < 4.78 is 4.78. The minimum absolute atomic E-state index is 0.309. The molecule has 0 amide bonds. The SMILES string of the molecule is Nc1ccc(OC(=O)C=CC(=O)O)cc1.